The van der Waals surface area contributed by atoms with Crippen LogP contribution in [0.15, 0.2) is 0 Å². The number of esters is 3. The lowest BCUT2D eigenvalue weighted by Crippen LogP contribution is -2.30. The SMILES string of the molecule is CCCCCCCCCCCCCCCCCC(=O)O[C@@H](COC(=O)CCCCCCCCCCCCC(C)C)COC(=O)CCCCCCCCCC(C)C. The molecule has 332 valence electrons. The molecule has 0 saturated heterocycles. The second-order valence-electron chi connectivity index (χ2n) is 18.1. The Morgan fingerprint density at radius 3 is 0.875 bits per heavy atom. The monoisotopic (exact) mass is 793 g/mol. The summed E-state index contributed by atoms with van der Waals surface area (Å²) in [6.07, 6.45) is 42.4. The Kier molecular flexibility index (Phi) is 41.8. The smallest absolute Gasteiger partial charge is 0.306 e. The van der Waals surface area contributed by atoms with Crippen LogP contribution in [-0.2, 0) is 28.6 Å². The van der Waals surface area contributed by atoms with Gasteiger partial charge in [-0.3, -0.25) is 14.4 Å². The van der Waals surface area contributed by atoms with E-state index < -0.39 is 6.10 Å². The van der Waals surface area contributed by atoms with Crippen molar-refractivity contribution in [2.45, 2.75) is 278 Å². The Hall–Kier alpha value is -1.59. The molecule has 0 spiro atoms. The molecule has 0 aliphatic rings. The van der Waals surface area contributed by atoms with E-state index in [4.69, 9.17) is 14.2 Å². The maximum absolute atomic E-state index is 12.8. The van der Waals surface area contributed by atoms with Gasteiger partial charge in [-0.05, 0) is 31.1 Å². The molecule has 0 bridgehead atoms. The van der Waals surface area contributed by atoms with E-state index in [1.54, 1.807) is 0 Å². The van der Waals surface area contributed by atoms with Gasteiger partial charge in [-0.1, -0.05) is 234 Å². The van der Waals surface area contributed by atoms with Crippen molar-refractivity contribution in [1.29, 1.82) is 0 Å². The maximum atomic E-state index is 12.8. The minimum absolute atomic E-state index is 0.0648. The van der Waals surface area contributed by atoms with E-state index in [9.17, 15) is 14.4 Å². The van der Waals surface area contributed by atoms with Crippen LogP contribution in [0.1, 0.15) is 272 Å². The summed E-state index contributed by atoms with van der Waals surface area (Å²) in [4.78, 5) is 37.8. The molecule has 0 aliphatic heterocycles. The van der Waals surface area contributed by atoms with Gasteiger partial charge in [0, 0.05) is 19.3 Å². The molecule has 0 fully saturated rings. The van der Waals surface area contributed by atoms with Crippen LogP contribution in [0.3, 0.4) is 0 Å². The van der Waals surface area contributed by atoms with Gasteiger partial charge in [0.25, 0.3) is 0 Å². The highest BCUT2D eigenvalue weighted by Gasteiger charge is 2.19. The molecule has 0 aliphatic carbocycles. The predicted molar refractivity (Wildman–Crippen MR) is 238 cm³/mol. The van der Waals surface area contributed by atoms with Gasteiger partial charge in [0.05, 0.1) is 0 Å². The number of carbonyl (C=O) groups is 3. The zero-order chi connectivity index (χ0) is 41.2. The van der Waals surface area contributed by atoms with Gasteiger partial charge in [0.1, 0.15) is 13.2 Å². The summed E-state index contributed by atoms with van der Waals surface area (Å²) in [5.41, 5.74) is 0. The second-order valence-corrected chi connectivity index (χ2v) is 18.1. The van der Waals surface area contributed by atoms with Crippen LogP contribution in [0.2, 0.25) is 0 Å². The highest BCUT2D eigenvalue weighted by Crippen LogP contribution is 2.17. The molecule has 0 unspecified atom stereocenters. The Morgan fingerprint density at radius 1 is 0.339 bits per heavy atom. The normalized spacial score (nSPS) is 12.1. The van der Waals surface area contributed by atoms with Crippen molar-refractivity contribution < 1.29 is 28.6 Å². The number of carbonyl (C=O) groups excluding carboxylic acids is 3. The summed E-state index contributed by atoms with van der Waals surface area (Å²) in [5.74, 6) is 0.746. The molecule has 0 aromatic carbocycles. The molecule has 0 heterocycles. The molecule has 56 heavy (non-hydrogen) atoms. The van der Waals surface area contributed by atoms with Crippen molar-refractivity contribution >= 4 is 17.9 Å². The quantitative estimate of drug-likeness (QED) is 0.0347. The molecule has 0 saturated carbocycles. The third kappa shape index (κ3) is 43.5. The van der Waals surface area contributed by atoms with E-state index in [1.165, 1.54) is 161 Å². The number of rotatable bonds is 44. The fourth-order valence-corrected chi connectivity index (χ4v) is 7.46. The van der Waals surface area contributed by atoms with E-state index in [-0.39, 0.29) is 31.1 Å². The summed E-state index contributed by atoms with van der Waals surface area (Å²) in [7, 11) is 0. The van der Waals surface area contributed by atoms with Crippen molar-refractivity contribution in [3.8, 4) is 0 Å². The lowest BCUT2D eigenvalue weighted by molar-refractivity contribution is -0.167. The summed E-state index contributed by atoms with van der Waals surface area (Å²) in [6.45, 7) is 11.3. The number of ether oxygens (including phenoxy) is 3. The van der Waals surface area contributed by atoms with Gasteiger partial charge in [0.2, 0.25) is 0 Å². The minimum atomic E-state index is -0.761. The Bertz CT molecular complexity index is 854. The Labute approximate surface area is 348 Å². The molecule has 0 radical (unpaired) electrons. The van der Waals surface area contributed by atoms with Gasteiger partial charge < -0.3 is 14.2 Å². The van der Waals surface area contributed by atoms with Crippen molar-refractivity contribution in [1.82, 2.24) is 0 Å². The summed E-state index contributed by atoms with van der Waals surface area (Å²) < 4.78 is 16.8. The van der Waals surface area contributed by atoms with Crippen LogP contribution in [0.4, 0.5) is 0 Å². The van der Waals surface area contributed by atoms with Crippen LogP contribution >= 0.6 is 0 Å². The molecule has 0 aromatic heterocycles. The zero-order valence-corrected chi connectivity index (χ0v) is 38.3. The molecule has 6 nitrogen and oxygen atoms in total. The molecular weight excluding hydrogens is 697 g/mol. The lowest BCUT2D eigenvalue weighted by atomic mass is 10.0. The van der Waals surface area contributed by atoms with Gasteiger partial charge in [-0.25, -0.2) is 0 Å². The lowest BCUT2D eigenvalue weighted by Gasteiger charge is -2.18. The Morgan fingerprint density at radius 2 is 0.589 bits per heavy atom. The van der Waals surface area contributed by atoms with Gasteiger partial charge in [-0.2, -0.15) is 0 Å². The van der Waals surface area contributed by atoms with Gasteiger partial charge >= 0.3 is 17.9 Å². The Balaban J connectivity index is 4.31. The van der Waals surface area contributed by atoms with Crippen molar-refractivity contribution in [2.75, 3.05) is 13.2 Å². The number of unbranched alkanes of at least 4 members (excludes halogenated alkanes) is 29. The standard InChI is InChI=1S/C50H96O6/c1-6-7-8-9-10-11-12-13-14-15-16-21-26-32-37-42-50(53)56-47(44-55-49(52)41-36-31-27-22-24-29-34-39-46(4)5)43-54-48(51)40-35-30-25-20-18-17-19-23-28-33-38-45(2)3/h45-47H,6-44H2,1-5H3/t47-/m0/s1. The predicted octanol–water partition coefficient (Wildman–Crippen LogP) is 15.8. The first-order valence-electron chi connectivity index (χ1n) is 24.7. The van der Waals surface area contributed by atoms with E-state index in [0.29, 0.717) is 19.3 Å². The van der Waals surface area contributed by atoms with E-state index in [1.807, 2.05) is 0 Å². The molecule has 1 atom stereocenters. The largest absolute Gasteiger partial charge is 0.462 e. The maximum Gasteiger partial charge on any atom is 0.306 e. The van der Waals surface area contributed by atoms with Crippen LogP contribution in [0, 0.1) is 11.8 Å². The van der Waals surface area contributed by atoms with Crippen molar-refractivity contribution in [3.05, 3.63) is 0 Å². The molecule has 0 amide bonds. The highest BCUT2D eigenvalue weighted by atomic mass is 16.6. The van der Waals surface area contributed by atoms with E-state index in [0.717, 1.165) is 69.6 Å². The van der Waals surface area contributed by atoms with Crippen LogP contribution in [0.5, 0.6) is 0 Å². The average Bonchev–Trinajstić information content (AvgIpc) is 3.16. The van der Waals surface area contributed by atoms with Crippen LogP contribution in [-0.4, -0.2) is 37.2 Å². The first-order chi connectivity index (χ1) is 27.2. The summed E-state index contributed by atoms with van der Waals surface area (Å²) in [6, 6.07) is 0. The average molecular weight is 793 g/mol. The topological polar surface area (TPSA) is 78.9 Å². The summed E-state index contributed by atoms with van der Waals surface area (Å²) >= 11 is 0. The highest BCUT2D eigenvalue weighted by molar-refractivity contribution is 5.71. The van der Waals surface area contributed by atoms with E-state index in [2.05, 4.69) is 34.6 Å². The first-order valence-corrected chi connectivity index (χ1v) is 24.7. The second kappa shape index (κ2) is 43.0. The van der Waals surface area contributed by atoms with Gasteiger partial charge in [0.15, 0.2) is 6.10 Å². The number of hydrogen-bond donors (Lipinski definition) is 0. The third-order valence-corrected chi connectivity index (χ3v) is 11.2. The number of hydrogen-bond acceptors (Lipinski definition) is 6. The minimum Gasteiger partial charge on any atom is -0.462 e. The molecule has 0 N–H and O–H groups in total. The van der Waals surface area contributed by atoms with Crippen molar-refractivity contribution in [3.63, 3.8) is 0 Å². The zero-order valence-electron chi connectivity index (χ0n) is 38.3. The third-order valence-electron chi connectivity index (χ3n) is 11.2. The van der Waals surface area contributed by atoms with Crippen LogP contribution in [0.25, 0.3) is 0 Å². The summed E-state index contributed by atoms with van der Waals surface area (Å²) in [5, 5.41) is 0. The fraction of sp³-hybridized carbons (Fsp3) is 0.940. The van der Waals surface area contributed by atoms with E-state index >= 15 is 0 Å². The molecule has 0 rings (SSSR count). The van der Waals surface area contributed by atoms with Gasteiger partial charge in [-0.15, -0.1) is 0 Å². The first kappa shape index (κ1) is 54.4. The fourth-order valence-electron chi connectivity index (χ4n) is 7.46. The van der Waals surface area contributed by atoms with Crippen molar-refractivity contribution in [2.24, 2.45) is 11.8 Å². The van der Waals surface area contributed by atoms with Crippen LogP contribution < -0.4 is 0 Å². The molecular formula is C50H96O6. The molecule has 0 aromatic rings. The molecule has 6 heteroatoms.